The van der Waals surface area contributed by atoms with E-state index >= 15 is 0 Å². The molecule has 0 N–H and O–H groups in total. The maximum atomic E-state index is 6.20. The van der Waals surface area contributed by atoms with Crippen LogP contribution in [0.3, 0.4) is 0 Å². The third-order valence-electron chi connectivity index (χ3n) is 4.92. The topological polar surface area (TPSA) is 9.23 Å². The Balaban J connectivity index is 2.26. The van der Waals surface area contributed by atoms with Crippen LogP contribution < -0.4 is 4.74 Å². The molecule has 0 spiro atoms. The highest BCUT2D eigenvalue weighted by Gasteiger charge is 2.66. The smallest absolute Gasteiger partial charge is 0.137 e. The molecule has 0 aliphatic heterocycles. The molecule has 100 valence electrons. The van der Waals surface area contributed by atoms with E-state index in [-0.39, 0.29) is 0 Å². The Hall–Kier alpha value is -0.210. The summed E-state index contributed by atoms with van der Waals surface area (Å²) in [7, 11) is 1.64. The third-order valence-corrected chi connectivity index (χ3v) is 6.27. The van der Waals surface area contributed by atoms with Crippen molar-refractivity contribution in [1.82, 2.24) is 0 Å². The van der Waals surface area contributed by atoms with Crippen LogP contribution in [0.5, 0.6) is 5.75 Å². The van der Waals surface area contributed by atoms with Gasteiger partial charge in [0, 0.05) is 4.83 Å². The summed E-state index contributed by atoms with van der Waals surface area (Å²) in [6.07, 6.45) is 0. The Morgan fingerprint density at radius 1 is 1.22 bits per heavy atom. The van der Waals surface area contributed by atoms with Crippen molar-refractivity contribution < 1.29 is 4.74 Å². The van der Waals surface area contributed by atoms with E-state index in [2.05, 4.69) is 49.7 Å². The summed E-state index contributed by atoms with van der Waals surface area (Å²) >= 11 is 10.0. The number of methoxy groups -OCH3 is 1. The van der Waals surface area contributed by atoms with E-state index in [1.165, 1.54) is 5.56 Å². The molecule has 0 amide bonds. The Bertz CT molecular complexity index is 454. The van der Waals surface area contributed by atoms with Crippen LogP contribution in [0.1, 0.15) is 38.1 Å². The van der Waals surface area contributed by atoms with Gasteiger partial charge in [-0.2, -0.15) is 0 Å². The molecule has 0 aromatic heterocycles. The highest BCUT2D eigenvalue weighted by Crippen LogP contribution is 2.74. The van der Waals surface area contributed by atoms with E-state index < -0.39 is 0 Å². The number of alkyl halides is 1. The van der Waals surface area contributed by atoms with Crippen molar-refractivity contribution in [2.75, 3.05) is 7.11 Å². The fraction of sp³-hybridized carbons (Fsp3) is 0.600. The maximum Gasteiger partial charge on any atom is 0.137 e. The molecule has 0 radical (unpaired) electrons. The van der Waals surface area contributed by atoms with Gasteiger partial charge in [0.1, 0.15) is 5.75 Å². The van der Waals surface area contributed by atoms with Crippen LogP contribution in [0.15, 0.2) is 18.2 Å². The summed E-state index contributed by atoms with van der Waals surface area (Å²) in [4.78, 5) is 0.339. The molecule has 1 aliphatic rings. The van der Waals surface area contributed by atoms with Crippen molar-refractivity contribution in [3.63, 3.8) is 0 Å². The van der Waals surface area contributed by atoms with Crippen LogP contribution in [-0.2, 0) is 0 Å². The number of ether oxygens (including phenoxy) is 1. The lowest BCUT2D eigenvalue weighted by Crippen LogP contribution is -1.99. The van der Waals surface area contributed by atoms with Crippen molar-refractivity contribution >= 4 is 27.5 Å². The van der Waals surface area contributed by atoms with Crippen molar-refractivity contribution in [1.29, 1.82) is 0 Å². The fourth-order valence-electron chi connectivity index (χ4n) is 3.03. The van der Waals surface area contributed by atoms with E-state index in [1.54, 1.807) is 7.11 Å². The van der Waals surface area contributed by atoms with Crippen LogP contribution in [0.4, 0.5) is 0 Å². The predicted molar refractivity (Wildman–Crippen MR) is 80.7 cm³/mol. The fourth-order valence-corrected chi connectivity index (χ4v) is 4.90. The van der Waals surface area contributed by atoms with Gasteiger partial charge < -0.3 is 4.74 Å². The first-order valence-electron chi connectivity index (χ1n) is 6.21. The van der Waals surface area contributed by atoms with E-state index in [0.717, 1.165) is 5.75 Å². The number of benzene rings is 1. The first-order chi connectivity index (χ1) is 8.23. The average Bonchev–Trinajstić information content (AvgIpc) is 2.68. The Morgan fingerprint density at radius 3 is 2.17 bits per heavy atom. The molecule has 1 aliphatic carbocycles. The summed E-state index contributed by atoms with van der Waals surface area (Å²) in [6.45, 7) is 9.32. The van der Waals surface area contributed by atoms with Gasteiger partial charge in [0.15, 0.2) is 0 Å². The minimum atomic E-state index is 0.339. The Labute approximate surface area is 123 Å². The average molecular weight is 332 g/mol. The standard InChI is InChI=1S/C15H20BrClO/c1-14(2)13(15(14,3)4)12(16)9-6-7-11(18-5)10(17)8-9/h6-8,12-13H,1-5H3. The lowest BCUT2D eigenvalue weighted by atomic mass is 10.0. The first kappa shape index (κ1) is 14.2. The van der Waals surface area contributed by atoms with Gasteiger partial charge in [-0.25, -0.2) is 0 Å². The van der Waals surface area contributed by atoms with Gasteiger partial charge in [0.05, 0.1) is 12.1 Å². The van der Waals surface area contributed by atoms with E-state index in [1.807, 2.05) is 12.1 Å². The van der Waals surface area contributed by atoms with E-state index in [4.69, 9.17) is 16.3 Å². The molecule has 1 aromatic rings. The largest absolute Gasteiger partial charge is 0.495 e. The number of rotatable bonds is 3. The Morgan fingerprint density at radius 2 is 1.78 bits per heavy atom. The van der Waals surface area contributed by atoms with Crippen LogP contribution in [0.2, 0.25) is 5.02 Å². The molecule has 2 rings (SSSR count). The summed E-state index contributed by atoms with van der Waals surface area (Å²) in [5.74, 6) is 1.35. The molecule has 18 heavy (non-hydrogen) atoms. The number of hydrogen-bond acceptors (Lipinski definition) is 1. The monoisotopic (exact) mass is 330 g/mol. The van der Waals surface area contributed by atoms with Crippen LogP contribution in [0.25, 0.3) is 0 Å². The molecular weight excluding hydrogens is 312 g/mol. The molecule has 1 atom stereocenters. The SMILES string of the molecule is COc1ccc(C(Br)C2C(C)(C)C2(C)C)cc1Cl. The highest BCUT2D eigenvalue weighted by atomic mass is 79.9. The summed E-state index contributed by atoms with van der Waals surface area (Å²) in [5.41, 5.74) is 1.94. The normalized spacial score (nSPS) is 22.6. The second kappa shape index (κ2) is 4.42. The van der Waals surface area contributed by atoms with Gasteiger partial charge in [0.25, 0.3) is 0 Å². The van der Waals surface area contributed by atoms with Gasteiger partial charge in [-0.05, 0) is 34.4 Å². The van der Waals surface area contributed by atoms with Crippen LogP contribution >= 0.6 is 27.5 Å². The van der Waals surface area contributed by atoms with Crippen LogP contribution in [-0.4, -0.2) is 7.11 Å². The molecule has 1 nitrogen and oxygen atoms in total. The first-order valence-corrected chi connectivity index (χ1v) is 7.50. The molecule has 1 saturated carbocycles. The predicted octanol–water partition coefficient (Wildman–Crippen LogP) is 5.47. The van der Waals surface area contributed by atoms with Crippen molar-refractivity contribution in [3.05, 3.63) is 28.8 Å². The van der Waals surface area contributed by atoms with Gasteiger partial charge in [-0.3, -0.25) is 0 Å². The molecule has 1 fully saturated rings. The molecular formula is C15H20BrClO. The van der Waals surface area contributed by atoms with Gasteiger partial charge in [0.2, 0.25) is 0 Å². The second-order valence-electron chi connectivity index (χ2n) is 6.22. The zero-order chi connectivity index (χ0) is 13.7. The van der Waals surface area contributed by atoms with E-state index in [0.29, 0.717) is 26.6 Å². The minimum Gasteiger partial charge on any atom is -0.495 e. The quantitative estimate of drug-likeness (QED) is 0.668. The maximum absolute atomic E-state index is 6.20. The van der Waals surface area contributed by atoms with E-state index in [9.17, 15) is 0 Å². The lowest BCUT2D eigenvalue weighted by Gasteiger charge is -2.14. The minimum absolute atomic E-state index is 0.339. The Kier molecular flexibility index (Phi) is 3.48. The van der Waals surface area contributed by atoms with Crippen LogP contribution in [0, 0.1) is 16.7 Å². The van der Waals surface area contributed by atoms with Crippen molar-refractivity contribution in [3.8, 4) is 5.75 Å². The van der Waals surface area contributed by atoms with Crippen molar-refractivity contribution in [2.45, 2.75) is 32.5 Å². The summed E-state index contributed by atoms with van der Waals surface area (Å²) < 4.78 is 5.19. The van der Waals surface area contributed by atoms with Crippen molar-refractivity contribution in [2.24, 2.45) is 16.7 Å². The number of hydrogen-bond donors (Lipinski definition) is 0. The summed E-state index contributed by atoms with van der Waals surface area (Å²) in [6, 6.07) is 6.03. The molecule has 0 heterocycles. The zero-order valence-corrected chi connectivity index (χ0v) is 13.9. The molecule has 3 heteroatoms. The molecule has 1 unspecified atom stereocenters. The molecule has 0 saturated heterocycles. The second-order valence-corrected chi connectivity index (χ2v) is 7.61. The van der Waals surface area contributed by atoms with Gasteiger partial charge in [-0.1, -0.05) is 61.3 Å². The summed E-state index contributed by atoms with van der Waals surface area (Å²) in [5, 5.41) is 0.677. The third kappa shape index (κ3) is 1.98. The lowest BCUT2D eigenvalue weighted by molar-refractivity contribution is 0.415. The zero-order valence-electron chi connectivity index (χ0n) is 11.6. The number of halogens is 2. The van der Waals surface area contributed by atoms with Gasteiger partial charge >= 0.3 is 0 Å². The highest BCUT2D eigenvalue weighted by molar-refractivity contribution is 9.09. The van der Waals surface area contributed by atoms with Gasteiger partial charge in [-0.15, -0.1) is 0 Å². The molecule has 0 bridgehead atoms. The molecule has 1 aromatic carbocycles.